The number of aromatic amines is 1. The van der Waals surface area contributed by atoms with Gasteiger partial charge in [-0.3, -0.25) is 19.0 Å². The number of aromatic nitrogens is 2. The maximum atomic E-state index is 13.2. The molecule has 0 aliphatic heterocycles. The average Bonchev–Trinajstić information content (AvgIpc) is 2.75. The van der Waals surface area contributed by atoms with E-state index in [0.717, 1.165) is 0 Å². The van der Waals surface area contributed by atoms with E-state index >= 15 is 0 Å². The lowest BCUT2D eigenvalue weighted by atomic mass is 10.1. The molecule has 1 heterocycles. The summed E-state index contributed by atoms with van der Waals surface area (Å²) < 4.78 is 1.62. The molecule has 0 fully saturated rings. The summed E-state index contributed by atoms with van der Waals surface area (Å²) in [6.07, 6.45) is 0.700. The Bertz CT molecular complexity index is 1200. The number of H-pyrrole nitrogens is 1. The molecule has 0 saturated carbocycles. The molecule has 0 aliphatic rings. The standard InChI is InChI=1S/C22H24N4O3S/c1-4-12-26(14(2)19(27)23-16-8-6-5-7-9-16)20(28)15-10-11-17-18(13-15)24-22(30)25(3)21(17)29/h5-11,13-14H,4,12H2,1-3H3,(H,23,27)(H,24,30). The normalized spacial score (nSPS) is 11.8. The maximum Gasteiger partial charge on any atom is 0.261 e. The zero-order chi connectivity index (χ0) is 21.8. The van der Waals surface area contributed by atoms with Gasteiger partial charge in [-0.05, 0) is 55.9 Å². The number of carbonyl (C=O) groups is 2. The highest BCUT2D eigenvalue weighted by molar-refractivity contribution is 7.71. The van der Waals surface area contributed by atoms with Gasteiger partial charge in [0.1, 0.15) is 6.04 Å². The smallest absolute Gasteiger partial charge is 0.261 e. The zero-order valence-electron chi connectivity index (χ0n) is 17.1. The second-order valence-electron chi connectivity index (χ2n) is 7.08. The Morgan fingerprint density at radius 3 is 2.57 bits per heavy atom. The van der Waals surface area contributed by atoms with Crippen molar-refractivity contribution in [3.05, 3.63) is 69.2 Å². The zero-order valence-corrected chi connectivity index (χ0v) is 18.0. The highest BCUT2D eigenvalue weighted by Gasteiger charge is 2.26. The monoisotopic (exact) mass is 424 g/mol. The van der Waals surface area contributed by atoms with E-state index in [-0.39, 0.29) is 22.1 Å². The summed E-state index contributed by atoms with van der Waals surface area (Å²) in [4.78, 5) is 42.9. The van der Waals surface area contributed by atoms with Crippen LogP contribution in [0.15, 0.2) is 53.3 Å². The highest BCUT2D eigenvalue weighted by atomic mass is 32.1. The number of nitrogens with zero attached hydrogens (tertiary/aromatic N) is 2. The number of fused-ring (bicyclic) bond motifs is 1. The summed E-state index contributed by atoms with van der Waals surface area (Å²) in [7, 11) is 1.59. The molecule has 1 unspecified atom stereocenters. The van der Waals surface area contributed by atoms with E-state index < -0.39 is 6.04 Å². The SMILES string of the molecule is CCCN(C(=O)c1ccc2c(=O)n(C)c(=S)[nH]c2c1)C(C)C(=O)Nc1ccccc1. The van der Waals surface area contributed by atoms with Gasteiger partial charge in [0.15, 0.2) is 4.77 Å². The fraction of sp³-hybridized carbons (Fsp3) is 0.273. The van der Waals surface area contributed by atoms with Gasteiger partial charge in [0.2, 0.25) is 5.91 Å². The molecule has 30 heavy (non-hydrogen) atoms. The molecular weight excluding hydrogens is 400 g/mol. The molecule has 7 nitrogen and oxygen atoms in total. The first-order chi connectivity index (χ1) is 14.3. The average molecular weight is 425 g/mol. The molecular formula is C22H24N4O3S. The molecule has 8 heteroatoms. The van der Waals surface area contributed by atoms with E-state index in [2.05, 4.69) is 10.3 Å². The van der Waals surface area contributed by atoms with Gasteiger partial charge in [-0.15, -0.1) is 0 Å². The van der Waals surface area contributed by atoms with Gasteiger partial charge in [-0.2, -0.15) is 0 Å². The number of anilines is 1. The molecule has 1 atom stereocenters. The fourth-order valence-electron chi connectivity index (χ4n) is 3.23. The highest BCUT2D eigenvalue weighted by Crippen LogP contribution is 2.16. The second-order valence-corrected chi connectivity index (χ2v) is 7.47. The number of amides is 2. The van der Waals surface area contributed by atoms with Crippen LogP contribution in [0.3, 0.4) is 0 Å². The van der Waals surface area contributed by atoms with Crippen LogP contribution in [0.5, 0.6) is 0 Å². The van der Waals surface area contributed by atoms with Crippen molar-refractivity contribution in [1.29, 1.82) is 0 Å². The van der Waals surface area contributed by atoms with E-state index in [1.807, 2.05) is 25.1 Å². The van der Waals surface area contributed by atoms with Gasteiger partial charge in [-0.1, -0.05) is 25.1 Å². The summed E-state index contributed by atoms with van der Waals surface area (Å²) >= 11 is 5.17. The molecule has 0 saturated heterocycles. The van der Waals surface area contributed by atoms with E-state index in [9.17, 15) is 14.4 Å². The maximum absolute atomic E-state index is 13.2. The third-order valence-electron chi connectivity index (χ3n) is 4.96. The molecule has 3 aromatic rings. The number of nitrogens with one attached hydrogen (secondary N) is 2. The Labute approximate surface area is 179 Å². The van der Waals surface area contributed by atoms with Crippen LogP contribution < -0.4 is 10.9 Å². The minimum absolute atomic E-state index is 0.228. The van der Waals surface area contributed by atoms with Crippen LogP contribution in [0.4, 0.5) is 5.69 Å². The third-order valence-corrected chi connectivity index (χ3v) is 5.34. The number of para-hydroxylation sites is 1. The van der Waals surface area contributed by atoms with Gasteiger partial charge in [0.25, 0.3) is 11.5 Å². The van der Waals surface area contributed by atoms with Crippen molar-refractivity contribution in [3.8, 4) is 0 Å². The second kappa shape index (κ2) is 9.04. The molecule has 1 aromatic heterocycles. The molecule has 0 spiro atoms. The molecule has 2 amide bonds. The van der Waals surface area contributed by atoms with Gasteiger partial charge < -0.3 is 15.2 Å². The van der Waals surface area contributed by atoms with Crippen molar-refractivity contribution in [2.45, 2.75) is 26.3 Å². The Morgan fingerprint density at radius 1 is 1.20 bits per heavy atom. The molecule has 0 aliphatic carbocycles. The number of carbonyl (C=O) groups excluding carboxylic acids is 2. The predicted molar refractivity (Wildman–Crippen MR) is 120 cm³/mol. The van der Waals surface area contributed by atoms with E-state index in [1.165, 1.54) is 9.47 Å². The van der Waals surface area contributed by atoms with Crippen molar-refractivity contribution in [2.75, 3.05) is 11.9 Å². The third kappa shape index (κ3) is 4.33. The molecule has 3 rings (SSSR count). The Hall–Kier alpha value is -3.26. The molecule has 2 N–H and O–H groups in total. The minimum Gasteiger partial charge on any atom is -0.332 e. The van der Waals surface area contributed by atoms with E-state index in [4.69, 9.17) is 12.2 Å². The van der Waals surface area contributed by atoms with Gasteiger partial charge >= 0.3 is 0 Å². The Kier molecular flexibility index (Phi) is 6.47. The Morgan fingerprint density at radius 2 is 1.90 bits per heavy atom. The van der Waals surface area contributed by atoms with Gasteiger partial charge in [-0.25, -0.2) is 0 Å². The summed E-state index contributed by atoms with van der Waals surface area (Å²) in [6.45, 7) is 4.08. The van der Waals surface area contributed by atoms with Crippen LogP contribution in [0.25, 0.3) is 10.9 Å². The molecule has 156 valence electrons. The lowest BCUT2D eigenvalue weighted by Gasteiger charge is -2.28. The van der Waals surface area contributed by atoms with Crippen LogP contribution in [-0.2, 0) is 11.8 Å². The van der Waals surface area contributed by atoms with Gasteiger partial charge in [0.05, 0.1) is 10.9 Å². The minimum atomic E-state index is -0.671. The van der Waals surface area contributed by atoms with Crippen molar-refractivity contribution in [1.82, 2.24) is 14.5 Å². The number of rotatable bonds is 6. The first-order valence-electron chi connectivity index (χ1n) is 9.73. The van der Waals surface area contributed by atoms with Crippen molar-refractivity contribution >= 4 is 40.6 Å². The number of benzene rings is 2. The molecule has 0 radical (unpaired) electrons. The molecule has 2 aromatic carbocycles. The van der Waals surface area contributed by atoms with Crippen molar-refractivity contribution < 1.29 is 9.59 Å². The number of hydrogen-bond donors (Lipinski definition) is 2. The topological polar surface area (TPSA) is 87.2 Å². The van der Waals surface area contributed by atoms with E-state index in [1.54, 1.807) is 44.3 Å². The summed E-state index contributed by atoms with van der Waals surface area (Å²) in [5.41, 5.74) is 1.32. The number of hydrogen-bond acceptors (Lipinski definition) is 4. The van der Waals surface area contributed by atoms with Crippen LogP contribution in [-0.4, -0.2) is 38.9 Å². The summed E-state index contributed by atoms with van der Waals surface area (Å²) in [5.74, 6) is -0.550. The van der Waals surface area contributed by atoms with Crippen molar-refractivity contribution in [3.63, 3.8) is 0 Å². The lowest BCUT2D eigenvalue weighted by molar-refractivity contribution is -0.120. The fourth-order valence-corrected chi connectivity index (χ4v) is 3.42. The summed E-state index contributed by atoms with van der Waals surface area (Å²) in [5, 5.41) is 3.28. The predicted octanol–water partition coefficient (Wildman–Crippen LogP) is 3.48. The Balaban J connectivity index is 1.91. The van der Waals surface area contributed by atoms with Crippen LogP contribution in [0.1, 0.15) is 30.6 Å². The molecule has 0 bridgehead atoms. The quantitative estimate of drug-likeness (QED) is 0.593. The summed E-state index contributed by atoms with van der Waals surface area (Å²) in [6, 6.07) is 13.3. The van der Waals surface area contributed by atoms with Crippen LogP contribution >= 0.6 is 12.2 Å². The lowest BCUT2D eigenvalue weighted by Crippen LogP contribution is -2.46. The largest absolute Gasteiger partial charge is 0.332 e. The first-order valence-corrected chi connectivity index (χ1v) is 10.1. The van der Waals surface area contributed by atoms with Crippen LogP contribution in [0.2, 0.25) is 0 Å². The van der Waals surface area contributed by atoms with E-state index in [0.29, 0.717) is 35.1 Å². The van der Waals surface area contributed by atoms with Gasteiger partial charge in [0, 0.05) is 24.8 Å². The first kappa shape index (κ1) is 21.4. The van der Waals surface area contributed by atoms with Crippen molar-refractivity contribution in [2.24, 2.45) is 7.05 Å². The van der Waals surface area contributed by atoms with Crippen LogP contribution in [0, 0.1) is 4.77 Å².